The van der Waals surface area contributed by atoms with Crippen LogP contribution in [0.2, 0.25) is 0 Å². The van der Waals surface area contributed by atoms with Crippen molar-refractivity contribution < 1.29 is 5.11 Å². The Labute approximate surface area is 43.7 Å². The van der Waals surface area contributed by atoms with Gasteiger partial charge in [0.1, 0.15) is 0 Å². The number of rotatable bonds is 0. The van der Waals surface area contributed by atoms with Crippen molar-refractivity contribution in [1.82, 2.24) is 0 Å². The van der Waals surface area contributed by atoms with Gasteiger partial charge in [-0.1, -0.05) is 6.92 Å². The van der Waals surface area contributed by atoms with Crippen molar-refractivity contribution in [3.8, 4) is 0 Å². The number of aliphatic hydroxyl groups excluding tert-OH is 1. The van der Waals surface area contributed by atoms with Crippen molar-refractivity contribution in [3.05, 3.63) is 11.8 Å². The van der Waals surface area contributed by atoms with Gasteiger partial charge < -0.3 is 5.11 Å². The van der Waals surface area contributed by atoms with E-state index in [9.17, 15) is 0 Å². The average Bonchev–Trinajstić information content (AvgIpc) is 1.87. The zero-order valence-corrected chi connectivity index (χ0v) is 4.52. The number of hydrogen-bond acceptors (Lipinski definition) is 1. The first-order valence-corrected chi connectivity index (χ1v) is 2.67. The highest BCUT2D eigenvalue weighted by atomic mass is 16.3. The van der Waals surface area contributed by atoms with Crippen molar-refractivity contribution >= 4 is 0 Å². The highest BCUT2D eigenvalue weighted by molar-refractivity contribution is 4.99. The van der Waals surface area contributed by atoms with Gasteiger partial charge in [-0.05, 0) is 18.4 Å². The maximum atomic E-state index is 8.76. The van der Waals surface area contributed by atoms with Crippen molar-refractivity contribution in [3.63, 3.8) is 0 Å². The molecule has 40 valence electrons. The predicted molar refractivity (Wildman–Crippen MR) is 29.1 cm³/mol. The van der Waals surface area contributed by atoms with Crippen molar-refractivity contribution in [1.29, 1.82) is 0 Å². The van der Waals surface area contributed by atoms with Crippen LogP contribution in [0.15, 0.2) is 11.8 Å². The molecule has 1 aliphatic carbocycles. The molecule has 0 bridgehead atoms. The summed E-state index contributed by atoms with van der Waals surface area (Å²) in [6.45, 7) is 2.14. The minimum atomic E-state index is 0.576. The Morgan fingerprint density at radius 1 is 1.86 bits per heavy atom. The second kappa shape index (κ2) is 1.57. The van der Waals surface area contributed by atoms with E-state index in [-0.39, 0.29) is 0 Å². The first kappa shape index (κ1) is 4.69. The summed E-state index contributed by atoms with van der Waals surface area (Å²) in [5.74, 6) is 1.26. The lowest BCUT2D eigenvalue weighted by Gasteiger charge is -1.94. The van der Waals surface area contributed by atoms with Crippen LogP contribution in [-0.2, 0) is 0 Å². The van der Waals surface area contributed by atoms with E-state index >= 15 is 0 Å². The van der Waals surface area contributed by atoms with Gasteiger partial charge >= 0.3 is 0 Å². The van der Waals surface area contributed by atoms with Gasteiger partial charge in [0, 0.05) is 6.42 Å². The van der Waals surface area contributed by atoms with E-state index in [0.717, 1.165) is 12.8 Å². The lowest BCUT2D eigenvalue weighted by molar-refractivity contribution is 0.381. The summed E-state index contributed by atoms with van der Waals surface area (Å²) in [6.07, 6.45) is 3.84. The Bertz CT molecular complexity index is 94.4. The Kier molecular flexibility index (Phi) is 1.05. The first-order valence-electron chi connectivity index (χ1n) is 2.67. The number of allylic oxidation sites excluding steroid dienone is 2. The molecule has 0 amide bonds. The van der Waals surface area contributed by atoms with E-state index in [1.54, 1.807) is 0 Å². The highest BCUT2D eigenvalue weighted by Crippen LogP contribution is 2.21. The summed E-state index contributed by atoms with van der Waals surface area (Å²) in [4.78, 5) is 0. The minimum absolute atomic E-state index is 0.576. The van der Waals surface area contributed by atoms with Crippen LogP contribution in [0.3, 0.4) is 0 Å². The molecule has 0 aromatic rings. The molecule has 1 atom stereocenters. The molecule has 1 nitrogen and oxygen atoms in total. The van der Waals surface area contributed by atoms with Gasteiger partial charge in [-0.2, -0.15) is 0 Å². The van der Waals surface area contributed by atoms with Gasteiger partial charge in [-0.3, -0.25) is 0 Å². The quantitative estimate of drug-likeness (QED) is 0.490. The number of hydrogen-bond donors (Lipinski definition) is 1. The molecule has 0 spiro atoms. The summed E-state index contributed by atoms with van der Waals surface area (Å²) in [5, 5.41) is 8.76. The van der Waals surface area contributed by atoms with E-state index in [4.69, 9.17) is 5.11 Å². The van der Waals surface area contributed by atoms with E-state index < -0.39 is 0 Å². The standard InChI is InChI=1S/C6H10O/c1-5-2-3-6(7)4-5/h3,5,7H,2,4H2,1H3. The van der Waals surface area contributed by atoms with Gasteiger partial charge in [0.2, 0.25) is 0 Å². The third kappa shape index (κ3) is 0.952. The summed E-state index contributed by atoms with van der Waals surface area (Å²) >= 11 is 0. The summed E-state index contributed by atoms with van der Waals surface area (Å²) in [7, 11) is 0. The Balaban J connectivity index is 2.42. The van der Waals surface area contributed by atoms with Gasteiger partial charge in [0.15, 0.2) is 0 Å². The zero-order valence-electron chi connectivity index (χ0n) is 4.52. The SMILES string of the molecule is CC1CC=C(O)C1. The normalized spacial score (nSPS) is 30.4. The molecule has 1 N–H and O–H groups in total. The molecule has 1 rings (SSSR count). The lowest BCUT2D eigenvalue weighted by atomic mass is 10.1. The fourth-order valence-corrected chi connectivity index (χ4v) is 0.861. The molecule has 1 unspecified atom stereocenters. The molecule has 0 heterocycles. The van der Waals surface area contributed by atoms with Crippen molar-refractivity contribution in [2.24, 2.45) is 5.92 Å². The molecule has 7 heavy (non-hydrogen) atoms. The second-order valence-electron chi connectivity index (χ2n) is 2.24. The topological polar surface area (TPSA) is 20.2 Å². The third-order valence-corrected chi connectivity index (χ3v) is 1.31. The molecule has 0 aromatic carbocycles. The van der Waals surface area contributed by atoms with Gasteiger partial charge in [-0.25, -0.2) is 0 Å². The summed E-state index contributed by atoms with van der Waals surface area (Å²) in [6, 6.07) is 0. The minimum Gasteiger partial charge on any atom is -0.513 e. The molecule has 1 aliphatic rings. The van der Waals surface area contributed by atoms with E-state index in [1.165, 1.54) is 0 Å². The second-order valence-corrected chi connectivity index (χ2v) is 2.24. The molecule has 0 saturated carbocycles. The van der Waals surface area contributed by atoms with Crippen LogP contribution < -0.4 is 0 Å². The molecule has 0 saturated heterocycles. The Hall–Kier alpha value is -0.460. The van der Waals surface area contributed by atoms with Gasteiger partial charge in [0.25, 0.3) is 0 Å². The van der Waals surface area contributed by atoms with Crippen LogP contribution >= 0.6 is 0 Å². The van der Waals surface area contributed by atoms with Crippen LogP contribution in [0.5, 0.6) is 0 Å². The third-order valence-electron chi connectivity index (χ3n) is 1.31. The van der Waals surface area contributed by atoms with Crippen LogP contribution in [0.1, 0.15) is 19.8 Å². The maximum Gasteiger partial charge on any atom is 0.0885 e. The molecule has 0 aromatic heterocycles. The first-order chi connectivity index (χ1) is 3.29. The molecule has 0 fully saturated rings. The maximum absolute atomic E-state index is 8.76. The van der Waals surface area contributed by atoms with Crippen LogP contribution in [0.4, 0.5) is 0 Å². The highest BCUT2D eigenvalue weighted by Gasteiger charge is 2.09. The average molecular weight is 98.1 g/mol. The smallest absolute Gasteiger partial charge is 0.0885 e. The summed E-state index contributed by atoms with van der Waals surface area (Å²) < 4.78 is 0. The van der Waals surface area contributed by atoms with Gasteiger partial charge in [-0.15, -0.1) is 0 Å². The molecule has 0 aliphatic heterocycles. The molecule has 0 radical (unpaired) electrons. The van der Waals surface area contributed by atoms with E-state index in [1.807, 2.05) is 6.08 Å². The van der Waals surface area contributed by atoms with Crippen molar-refractivity contribution in [2.45, 2.75) is 19.8 Å². The fourth-order valence-electron chi connectivity index (χ4n) is 0.861. The van der Waals surface area contributed by atoms with E-state index in [0.29, 0.717) is 11.7 Å². The Morgan fingerprint density at radius 3 is 2.71 bits per heavy atom. The lowest BCUT2D eigenvalue weighted by Crippen LogP contribution is -1.83. The molecular formula is C6H10O. The van der Waals surface area contributed by atoms with Crippen LogP contribution in [-0.4, -0.2) is 5.11 Å². The predicted octanol–water partition coefficient (Wildman–Crippen LogP) is 1.86. The van der Waals surface area contributed by atoms with Crippen LogP contribution in [0.25, 0.3) is 0 Å². The zero-order chi connectivity index (χ0) is 5.28. The largest absolute Gasteiger partial charge is 0.513 e. The monoisotopic (exact) mass is 98.1 g/mol. The molecule has 1 heteroatoms. The molecular weight excluding hydrogens is 88.1 g/mol. The van der Waals surface area contributed by atoms with Crippen molar-refractivity contribution in [2.75, 3.05) is 0 Å². The Morgan fingerprint density at radius 2 is 2.57 bits per heavy atom. The van der Waals surface area contributed by atoms with E-state index in [2.05, 4.69) is 6.92 Å². The fraction of sp³-hybridized carbons (Fsp3) is 0.667. The van der Waals surface area contributed by atoms with Crippen LogP contribution in [0, 0.1) is 5.92 Å². The summed E-state index contributed by atoms with van der Waals surface area (Å²) in [5.41, 5.74) is 0. The number of aliphatic hydroxyl groups is 1. The van der Waals surface area contributed by atoms with Gasteiger partial charge in [0.05, 0.1) is 5.76 Å².